The van der Waals surface area contributed by atoms with E-state index in [-0.39, 0.29) is 17.4 Å². The van der Waals surface area contributed by atoms with E-state index in [0.29, 0.717) is 32.0 Å². The molecule has 0 spiro atoms. The van der Waals surface area contributed by atoms with Crippen LogP contribution in [0.1, 0.15) is 29.3 Å². The second kappa shape index (κ2) is 7.72. The maximum atomic E-state index is 13.3. The lowest BCUT2D eigenvalue weighted by atomic mass is 9.83. The SMILES string of the molecule is COc1ccc(-c2n[nH]c(C)c2CC(=O)N2C[C@@H]3C[C@H](C2)c2cccc(=O)n2C3)cc1. The number of H-pyrrole nitrogens is 1. The normalized spacial score (nSPS) is 19.7. The third-order valence-corrected chi connectivity index (χ3v) is 6.60. The molecule has 0 saturated carbocycles. The zero-order valence-electron chi connectivity index (χ0n) is 17.8. The number of aromatic nitrogens is 3. The van der Waals surface area contributed by atoms with Gasteiger partial charge in [-0.25, -0.2) is 0 Å². The molecule has 1 saturated heterocycles. The molecule has 3 aromatic rings. The summed E-state index contributed by atoms with van der Waals surface area (Å²) in [5.74, 6) is 1.44. The minimum absolute atomic E-state index is 0.0603. The molecule has 0 aliphatic carbocycles. The lowest BCUT2D eigenvalue weighted by Crippen LogP contribution is -2.49. The smallest absolute Gasteiger partial charge is 0.250 e. The molecule has 2 aliphatic heterocycles. The summed E-state index contributed by atoms with van der Waals surface area (Å²) in [6.07, 6.45) is 1.35. The maximum Gasteiger partial charge on any atom is 0.250 e. The van der Waals surface area contributed by atoms with Crippen molar-refractivity contribution in [3.8, 4) is 17.0 Å². The third-order valence-electron chi connectivity index (χ3n) is 6.60. The lowest BCUT2D eigenvalue weighted by molar-refractivity contribution is -0.133. The molecule has 1 N–H and O–H groups in total. The average molecular weight is 418 g/mol. The van der Waals surface area contributed by atoms with Crippen molar-refractivity contribution in [3.63, 3.8) is 0 Å². The lowest BCUT2D eigenvalue weighted by Gasteiger charge is -2.42. The number of likely N-dealkylation sites (tertiary alicyclic amines) is 1. The molecule has 7 heteroatoms. The first-order valence-corrected chi connectivity index (χ1v) is 10.7. The Bertz CT molecular complexity index is 1180. The van der Waals surface area contributed by atoms with E-state index in [4.69, 9.17) is 4.74 Å². The van der Waals surface area contributed by atoms with Crippen LogP contribution in [0, 0.1) is 12.8 Å². The molecule has 2 aliphatic rings. The van der Waals surface area contributed by atoms with Gasteiger partial charge < -0.3 is 14.2 Å². The number of hydrogen-bond donors (Lipinski definition) is 1. The molecule has 0 unspecified atom stereocenters. The van der Waals surface area contributed by atoms with E-state index in [0.717, 1.165) is 40.4 Å². The van der Waals surface area contributed by atoms with E-state index in [1.54, 1.807) is 13.2 Å². The number of rotatable bonds is 4. The number of nitrogens with zero attached hydrogens (tertiary/aromatic N) is 3. The van der Waals surface area contributed by atoms with Gasteiger partial charge in [0.1, 0.15) is 5.75 Å². The maximum absolute atomic E-state index is 13.3. The number of carbonyl (C=O) groups is 1. The van der Waals surface area contributed by atoms with Gasteiger partial charge >= 0.3 is 0 Å². The quantitative estimate of drug-likeness (QED) is 0.707. The first-order chi connectivity index (χ1) is 15.0. The molecule has 2 aromatic heterocycles. The van der Waals surface area contributed by atoms with Gasteiger partial charge in [-0.2, -0.15) is 5.10 Å². The molecule has 160 valence electrons. The van der Waals surface area contributed by atoms with Gasteiger partial charge in [-0.3, -0.25) is 14.7 Å². The number of benzene rings is 1. The van der Waals surface area contributed by atoms with Crippen molar-refractivity contribution in [2.75, 3.05) is 20.2 Å². The Morgan fingerprint density at radius 3 is 2.74 bits per heavy atom. The molecule has 5 rings (SSSR count). The summed E-state index contributed by atoms with van der Waals surface area (Å²) in [6.45, 7) is 4.01. The highest BCUT2D eigenvalue weighted by molar-refractivity contribution is 5.82. The Hall–Kier alpha value is -3.35. The van der Waals surface area contributed by atoms with Crippen LogP contribution in [-0.2, 0) is 17.8 Å². The molecule has 1 amide bonds. The highest BCUT2D eigenvalue weighted by Crippen LogP contribution is 2.35. The highest BCUT2D eigenvalue weighted by atomic mass is 16.5. The summed E-state index contributed by atoms with van der Waals surface area (Å²) < 4.78 is 7.13. The predicted octanol–water partition coefficient (Wildman–Crippen LogP) is 2.74. The zero-order valence-corrected chi connectivity index (χ0v) is 17.8. The molecule has 2 bridgehead atoms. The Morgan fingerprint density at radius 1 is 1.16 bits per heavy atom. The van der Waals surface area contributed by atoms with E-state index in [1.807, 2.05) is 52.8 Å². The van der Waals surface area contributed by atoms with E-state index in [1.165, 1.54) is 0 Å². The van der Waals surface area contributed by atoms with Crippen LogP contribution in [0.25, 0.3) is 11.3 Å². The molecule has 31 heavy (non-hydrogen) atoms. The predicted molar refractivity (Wildman–Crippen MR) is 117 cm³/mol. The number of aryl methyl sites for hydroxylation is 1. The summed E-state index contributed by atoms with van der Waals surface area (Å²) in [5, 5.41) is 7.50. The van der Waals surface area contributed by atoms with Gasteiger partial charge in [-0.05, 0) is 49.6 Å². The summed E-state index contributed by atoms with van der Waals surface area (Å²) >= 11 is 0. The number of pyridine rings is 1. The fourth-order valence-electron chi connectivity index (χ4n) is 5.02. The highest BCUT2D eigenvalue weighted by Gasteiger charge is 2.36. The summed E-state index contributed by atoms with van der Waals surface area (Å²) in [5.41, 5.74) is 4.72. The molecule has 4 heterocycles. The third kappa shape index (κ3) is 3.54. The fourth-order valence-corrected chi connectivity index (χ4v) is 5.02. The fraction of sp³-hybridized carbons (Fsp3) is 0.375. The summed E-state index contributed by atoms with van der Waals surface area (Å²) in [4.78, 5) is 27.5. The van der Waals surface area contributed by atoms with Crippen LogP contribution in [0.5, 0.6) is 5.75 Å². The first kappa shape index (κ1) is 19.6. The van der Waals surface area contributed by atoms with Crippen LogP contribution in [0.15, 0.2) is 47.3 Å². The zero-order chi connectivity index (χ0) is 21.5. The summed E-state index contributed by atoms with van der Waals surface area (Å²) in [6, 6.07) is 13.2. The molecular formula is C24H26N4O3. The van der Waals surface area contributed by atoms with E-state index in [2.05, 4.69) is 10.2 Å². The van der Waals surface area contributed by atoms with Crippen LogP contribution < -0.4 is 10.3 Å². The number of piperidine rings is 1. The molecular weight excluding hydrogens is 392 g/mol. The molecule has 0 radical (unpaired) electrons. The van der Waals surface area contributed by atoms with Crippen LogP contribution in [-0.4, -0.2) is 45.8 Å². The number of aromatic amines is 1. The van der Waals surface area contributed by atoms with Gasteiger partial charge in [0.25, 0.3) is 5.56 Å². The van der Waals surface area contributed by atoms with Crippen LogP contribution in [0.3, 0.4) is 0 Å². The van der Waals surface area contributed by atoms with Gasteiger partial charge in [-0.1, -0.05) is 6.07 Å². The largest absolute Gasteiger partial charge is 0.497 e. The first-order valence-electron chi connectivity index (χ1n) is 10.7. The number of methoxy groups -OCH3 is 1. The van der Waals surface area contributed by atoms with Crippen molar-refractivity contribution >= 4 is 5.91 Å². The standard InChI is InChI=1S/C24H26N4O3/c1-15-20(24(26-25-15)17-6-8-19(31-2)9-7-17)11-23(30)27-12-16-10-18(14-27)21-4-3-5-22(29)28(21)13-16/h3-9,16,18H,10-14H2,1-2H3,(H,25,26)/t16-,18+/m0/s1. The monoisotopic (exact) mass is 418 g/mol. The number of ether oxygens (including phenoxy) is 1. The number of hydrogen-bond acceptors (Lipinski definition) is 4. The molecule has 1 aromatic carbocycles. The molecule has 7 nitrogen and oxygen atoms in total. The average Bonchev–Trinajstić information content (AvgIpc) is 3.14. The van der Waals surface area contributed by atoms with Crippen LogP contribution >= 0.6 is 0 Å². The Balaban J connectivity index is 1.37. The van der Waals surface area contributed by atoms with Crippen molar-refractivity contribution in [1.29, 1.82) is 0 Å². The van der Waals surface area contributed by atoms with Gasteiger partial charge in [0.2, 0.25) is 5.91 Å². The van der Waals surface area contributed by atoms with Crippen molar-refractivity contribution in [2.24, 2.45) is 5.92 Å². The van der Waals surface area contributed by atoms with Gasteiger partial charge in [0, 0.05) is 54.1 Å². The topological polar surface area (TPSA) is 80.2 Å². The van der Waals surface area contributed by atoms with Crippen LogP contribution in [0.2, 0.25) is 0 Å². The van der Waals surface area contributed by atoms with Crippen molar-refractivity contribution in [3.05, 3.63) is 69.8 Å². The molecule has 1 fully saturated rings. The Kier molecular flexibility index (Phi) is 4.88. The van der Waals surface area contributed by atoms with E-state index < -0.39 is 0 Å². The minimum Gasteiger partial charge on any atom is -0.497 e. The Morgan fingerprint density at radius 2 is 1.97 bits per heavy atom. The number of amides is 1. The number of fused-ring (bicyclic) bond motifs is 4. The number of nitrogens with one attached hydrogen (secondary N) is 1. The van der Waals surface area contributed by atoms with Crippen molar-refractivity contribution in [2.45, 2.75) is 32.2 Å². The Labute approximate surface area is 180 Å². The minimum atomic E-state index is 0.0603. The molecule has 2 atom stereocenters. The van der Waals surface area contributed by atoms with Crippen molar-refractivity contribution < 1.29 is 9.53 Å². The van der Waals surface area contributed by atoms with Crippen molar-refractivity contribution in [1.82, 2.24) is 19.7 Å². The second-order valence-electron chi connectivity index (χ2n) is 8.58. The van der Waals surface area contributed by atoms with E-state index >= 15 is 0 Å². The van der Waals surface area contributed by atoms with Crippen LogP contribution in [0.4, 0.5) is 0 Å². The van der Waals surface area contributed by atoms with Gasteiger partial charge in [0.05, 0.1) is 19.2 Å². The van der Waals surface area contributed by atoms with Gasteiger partial charge in [0.15, 0.2) is 0 Å². The number of carbonyl (C=O) groups excluding carboxylic acids is 1. The summed E-state index contributed by atoms with van der Waals surface area (Å²) in [7, 11) is 1.64. The van der Waals surface area contributed by atoms with Gasteiger partial charge in [-0.15, -0.1) is 0 Å². The second-order valence-corrected chi connectivity index (χ2v) is 8.58. The van der Waals surface area contributed by atoms with E-state index in [9.17, 15) is 9.59 Å².